The molecule has 1 aliphatic rings. The molecule has 7 nitrogen and oxygen atoms in total. The van der Waals surface area contributed by atoms with Crippen LogP contribution < -0.4 is 10.9 Å². The van der Waals surface area contributed by atoms with Crippen LogP contribution in [0.5, 0.6) is 0 Å². The minimum absolute atomic E-state index is 0.0515. The SMILES string of the molecule is C=Cc1cnc2c(cc(C(=O)NCc3ccc(C)cc3)c(=O)n2CC(=O)N2CC(C)(F)C2)c1Cl.CC. The lowest BCUT2D eigenvalue weighted by Gasteiger charge is -2.42. The monoisotopic (exact) mass is 512 g/mol. The Morgan fingerprint density at radius 2 is 1.89 bits per heavy atom. The molecule has 2 amide bonds. The van der Waals surface area contributed by atoms with E-state index in [0.29, 0.717) is 10.9 Å². The summed E-state index contributed by atoms with van der Waals surface area (Å²) in [7, 11) is 0. The zero-order valence-corrected chi connectivity index (χ0v) is 21.7. The summed E-state index contributed by atoms with van der Waals surface area (Å²) in [5.41, 5.74) is 0.349. The number of alkyl halides is 1. The Morgan fingerprint density at radius 1 is 1.25 bits per heavy atom. The number of likely N-dealkylation sites (tertiary alicyclic amines) is 1. The van der Waals surface area contributed by atoms with Crippen LogP contribution >= 0.6 is 11.6 Å². The summed E-state index contributed by atoms with van der Waals surface area (Å²) in [5.74, 6) is -1.05. The fraction of sp³-hybridized carbons (Fsp3) is 0.333. The normalized spacial score (nSPS) is 13.9. The standard InChI is InChI=1S/C25H24ClFN4O3.C2H6/c1-4-17-11-28-22-18(21(17)26)9-19(23(33)29-10-16-7-5-15(2)6-8-16)24(34)31(22)12-20(32)30-13-25(3,27)14-30;1-2/h4-9,11H,1,10,12-14H2,2-3H3,(H,29,33);1-2H3. The van der Waals surface area contributed by atoms with Crippen LogP contribution in [0.15, 0.2) is 47.9 Å². The summed E-state index contributed by atoms with van der Waals surface area (Å²) < 4.78 is 15.0. The van der Waals surface area contributed by atoms with E-state index < -0.39 is 23.0 Å². The number of amides is 2. The van der Waals surface area contributed by atoms with Crippen molar-refractivity contribution in [1.82, 2.24) is 19.8 Å². The van der Waals surface area contributed by atoms with Gasteiger partial charge < -0.3 is 10.2 Å². The molecule has 0 saturated carbocycles. The number of halogens is 2. The van der Waals surface area contributed by atoms with Gasteiger partial charge in [-0.25, -0.2) is 9.37 Å². The van der Waals surface area contributed by atoms with Crippen LogP contribution in [0.25, 0.3) is 17.1 Å². The maximum atomic E-state index is 13.9. The van der Waals surface area contributed by atoms with Gasteiger partial charge in [0.05, 0.1) is 18.1 Å². The summed E-state index contributed by atoms with van der Waals surface area (Å²) in [6.45, 7) is 10.8. The second-order valence-electron chi connectivity index (χ2n) is 8.75. The topological polar surface area (TPSA) is 84.3 Å². The molecule has 2 aromatic heterocycles. The third-order valence-electron chi connectivity index (χ3n) is 5.80. The van der Waals surface area contributed by atoms with Crippen LogP contribution in [0.4, 0.5) is 4.39 Å². The Balaban J connectivity index is 0.00000176. The molecule has 0 spiro atoms. The number of pyridine rings is 2. The fourth-order valence-corrected chi connectivity index (χ4v) is 4.16. The average Bonchev–Trinajstić information content (AvgIpc) is 2.85. The Bertz CT molecular complexity index is 1360. The maximum absolute atomic E-state index is 13.9. The van der Waals surface area contributed by atoms with Gasteiger partial charge in [-0.15, -0.1) is 0 Å². The molecule has 1 saturated heterocycles. The summed E-state index contributed by atoms with van der Waals surface area (Å²) in [5, 5.41) is 3.34. The molecule has 36 heavy (non-hydrogen) atoms. The van der Waals surface area contributed by atoms with Crippen LogP contribution in [-0.2, 0) is 17.9 Å². The smallest absolute Gasteiger partial charge is 0.265 e. The van der Waals surface area contributed by atoms with Crippen LogP contribution in [0, 0.1) is 6.92 Å². The molecule has 4 rings (SSSR count). The number of carbonyl (C=O) groups excluding carboxylic acids is 2. The van der Waals surface area contributed by atoms with E-state index in [1.807, 2.05) is 45.0 Å². The molecule has 3 heterocycles. The van der Waals surface area contributed by atoms with Crippen LogP contribution in [0.2, 0.25) is 5.02 Å². The van der Waals surface area contributed by atoms with E-state index in [2.05, 4.69) is 16.9 Å². The van der Waals surface area contributed by atoms with Crippen molar-refractivity contribution in [2.75, 3.05) is 13.1 Å². The van der Waals surface area contributed by atoms with Crippen molar-refractivity contribution >= 4 is 40.5 Å². The van der Waals surface area contributed by atoms with E-state index in [1.165, 1.54) is 30.2 Å². The number of aryl methyl sites for hydroxylation is 1. The molecule has 1 N–H and O–H groups in total. The Labute approximate surface area is 214 Å². The lowest BCUT2D eigenvalue weighted by molar-refractivity contribution is -0.144. The number of fused-ring (bicyclic) bond motifs is 1. The van der Waals surface area contributed by atoms with Gasteiger partial charge >= 0.3 is 0 Å². The third kappa shape index (κ3) is 5.65. The Morgan fingerprint density at radius 3 is 2.47 bits per heavy atom. The van der Waals surface area contributed by atoms with Crippen LogP contribution in [-0.4, -0.2) is 45.0 Å². The lowest BCUT2D eigenvalue weighted by Crippen LogP contribution is -2.60. The second-order valence-corrected chi connectivity index (χ2v) is 9.13. The summed E-state index contributed by atoms with van der Waals surface area (Å²) in [6.07, 6.45) is 2.95. The number of hydrogen-bond donors (Lipinski definition) is 1. The lowest BCUT2D eigenvalue weighted by atomic mass is 9.99. The van der Waals surface area contributed by atoms with Gasteiger partial charge in [-0.1, -0.05) is 67.9 Å². The van der Waals surface area contributed by atoms with Crippen LogP contribution in [0.1, 0.15) is 47.8 Å². The third-order valence-corrected chi connectivity index (χ3v) is 6.22. The molecule has 0 bridgehead atoms. The number of nitrogens with zero attached hydrogens (tertiary/aromatic N) is 3. The van der Waals surface area contributed by atoms with Crippen molar-refractivity contribution in [3.05, 3.63) is 80.7 Å². The van der Waals surface area contributed by atoms with E-state index in [4.69, 9.17) is 11.6 Å². The van der Waals surface area contributed by atoms with E-state index in [9.17, 15) is 18.8 Å². The molecule has 3 aromatic rings. The minimum Gasteiger partial charge on any atom is -0.348 e. The first-order valence-corrected chi connectivity index (χ1v) is 12.1. The quantitative estimate of drug-likeness (QED) is 0.526. The maximum Gasteiger partial charge on any atom is 0.265 e. The number of benzene rings is 1. The first kappa shape index (κ1) is 27.1. The van der Waals surface area contributed by atoms with Gasteiger partial charge in [0.1, 0.15) is 23.4 Å². The van der Waals surface area contributed by atoms with Crippen molar-refractivity contribution in [3.63, 3.8) is 0 Å². The van der Waals surface area contributed by atoms with Gasteiger partial charge in [0.25, 0.3) is 11.5 Å². The van der Waals surface area contributed by atoms with Gasteiger partial charge in [0.15, 0.2) is 0 Å². The molecule has 1 aliphatic heterocycles. The summed E-state index contributed by atoms with van der Waals surface area (Å²) in [4.78, 5) is 44.6. The van der Waals surface area contributed by atoms with Crippen molar-refractivity contribution < 1.29 is 14.0 Å². The molecule has 1 fully saturated rings. The molecule has 0 unspecified atom stereocenters. The highest BCUT2D eigenvalue weighted by Crippen LogP contribution is 2.28. The van der Waals surface area contributed by atoms with E-state index in [-0.39, 0.29) is 42.4 Å². The molecule has 0 atom stereocenters. The molecule has 0 aliphatic carbocycles. The average molecular weight is 513 g/mol. The molecular formula is C27H30ClFN4O3. The van der Waals surface area contributed by atoms with Gasteiger partial charge in [0, 0.05) is 23.7 Å². The number of carbonyl (C=O) groups is 2. The highest BCUT2D eigenvalue weighted by atomic mass is 35.5. The number of aromatic nitrogens is 2. The molecule has 190 valence electrons. The molecule has 9 heteroatoms. The Hall–Kier alpha value is -3.52. The first-order valence-electron chi connectivity index (χ1n) is 11.7. The van der Waals surface area contributed by atoms with E-state index in [0.717, 1.165) is 15.7 Å². The van der Waals surface area contributed by atoms with Crippen LogP contribution in [0.3, 0.4) is 0 Å². The highest BCUT2D eigenvalue weighted by Gasteiger charge is 2.41. The van der Waals surface area contributed by atoms with Gasteiger partial charge in [-0.05, 0) is 25.5 Å². The number of rotatable bonds is 6. The number of hydrogen-bond acceptors (Lipinski definition) is 4. The minimum atomic E-state index is -1.44. The van der Waals surface area contributed by atoms with Crippen molar-refractivity contribution in [3.8, 4) is 0 Å². The van der Waals surface area contributed by atoms with Gasteiger partial charge in [-0.3, -0.25) is 19.0 Å². The highest BCUT2D eigenvalue weighted by molar-refractivity contribution is 6.36. The zero-order valence-electron chi connectivity index (χ0n) is 20.9. The van der Waals surface area contributed by atoms with Crippen molar-refractivity contribution in [1.29, 1.82) is 0 Å². The van der Waals surface area contributed by atoms with E-state index >= 15 is 0 Å². The van der Waals surface area contributed by atoms with E-state index in [1.54, 1.807) is 0 Å². The Kier molecular flexibility index (Phi) is 8.30. The largest absolute Gasteiger partial charge is 0.348 e. The summed E-state index contributed by atoms with van der Waals surface area (Å²) >= 11 is 6.50. The number of nitrogens with one attached hydrogen (secondary N) is 1. The predicted molar refractivity (Wildman–Crippen MR) is 141 cm³/mol. The molecular weight excluding hydrogens is 483 g/mol. The zero-order chi connectivity index (χ0) is 26.6. The second kappa shape index (κ2) is 11.0. The van der Waals surface area contributed by atoms with Crippen molar-refractivity contribution in [2.45, 2.75) is 46.5 Å². The van der Waals surface area contributed by atoms with Gasteiger partial charge in [0.2, 0.25) is 5.91 Å². The first-order chi connectivity index (χ1) is 17.1. The molecule has 1 aromatic carbocycles. The molecule has 0 radical (unpaired) electrons. The summed E-state index contributed by atoms with van der Waals surface area (Å²) in [6, 6.07) is 9.01. The van der Waals surface area contributed by atoms with Gasteiger partial charge in [-0.2, -0.15) is 0 Å². The van der Waals surface area contributed by atoms with Crippen molar-refractivity contribution in [2.24, 2.45) is 0 Å². The predicted octanol–water partition coefficient (Wildman–Crippen LogP) is 4.53. The fourth-order valence-electron chi connectivity index (χ4n) is 3.90.